The van der Waals surface area contributed by atoms with E-state index in [0.717, 1.165) is 20.0 Å². The lowest BCUT2D eigenvalue weighted by atomic mass is 10.3. The lowest BCUT2D eigenvalue weighted by Gasteiger charge is -2.06. The van der Waals surface area contributed by atoms with Gasteiger partial charge in [0, 0.05) is 8.51 Å². The van der Waals surface area contributed by atoms with Gasteiger partial charge in [-0.25, -0.2) is 0 Å². The van der Waals surface area contributed by atoms with E-state index in [-0.39, 0.29) is 0 Å². The Morgan fingerprint density at radius 3 is 2.67 bits per heavy atom. The molecule has 1 aromatic heterocycles. The van der Waals surface area contributed by atoms with Gasteiger partial charge in [0.25, 0.3) is 0 Å². The van der Waals surface area contributed by atoms with Crippen LogP contribution in [0.2, 0.25) is 0 Å². The third kappa shape index (κ3) is 3.04. The van der Waals surface area contributed by atoms with E-state index >= 15 is 0 Å². The number of ether oxygens (including phenoxy) is 1. The maximum atomic E-state index is 5.58. The summed E-state index contributed by atoms with van der Waals surface area (Å²) >= 11 is 0. The Balaban J connectivity index is 2.11. The molecule has 0 aliphatic rings. The zero-order valence-electron chi connectivity index (χ0n) is 7.97. The van der Waals surface area contributed by atoms with Crippen molar-refractivity contribution in [2.45, 2.75) is 0 Å². The van der Waals surface area contributed by atoms with Crippen LogP contribution in [0.4, 0.5) is 0 Å². The first-order chi connectivity index (χ1) is 7.38. The molecule has 0 saturated carbocycles. The Bertz CT molecular complexity index is 425. The van der Waals surface area contributed by atoms with E-state index < -0.39 is 0 Å². The predicted molar refractivity (Wildman–Crippen MR) is 64.7 cm³/mol. The quantitative estimate of drug-likeness (QED) is 0.924. The van der Waals surface area contributed by atoms with Gasteiger partial charge in [-0.3, -0.25) is 0 Å². The van der Waals surface area contributed by atoms with Crippen LogP contribution in [0.5, 0.6) is 11.5 Å². The standard InChI is InChI=1S/C7H10N3O2P3/c1-11-6-2-4-7(5-3-6)12-10-14-8-13-9-15-10/h2-5,8,13-14H,1H3. The molecule has 0 fully saturated rings. The zero-order chi connectivity index (χ0) is 10.5. The Morgan fingerprint density at radius 1 is 1.33 bits per heavy atom. The second kappa shape index (κ2) is 5.27. The van der Waals surface area contributed by atoms with Crippen molar-refractivity contribution in [3.63, 3.8) is 0 Å². The van der Waals surface area contributed by atoms with Crippen LogP contribution in [0.1, 0.15) is 0 Å². The number of rotatable bonds is 3. The van der Waals surface area contributed by atoms with Crippen molar-refractivity contribution in [2.24, 2.45) is 0 Å². The molecular weight excluding hydrogens is 251 g/mol. The van der Waals surface area contributed by atoms with E-state index in [1.807, 2.05) is 24.3 Å². The lowest BCUT2D eigenvalue weighted by molar-refractivity contribution is 0.276. The molecule has 2 rings (SSSR count). The molecule has 2 aromatic rings. The van der Waals surface area contributed by atoms with Crippen LogP contribution < -0.4 is 9.57 Å². The highest BCUT2D eigenvalue weighted by Crippen LogP contribution is 2.20. The summed E-state index contributed by atoms with van der Waals surface area (Å²) in [5, 5.41) is 0. The number of benzene rings is 1. The molecule has 1 aromatic carbocycles. The molecule has 80 valence electrons. The molecule has 0 aliphatic heterocycles. The summed E-state index contributed by atoms with van der Waals surface area (Å²) < 4.78 is 14.1. The number of nitrogens with one attached hydrogen (secondary N) is 1. The molecule has 5 nitrogen and oxygen atoms in total. The molecule has 0 saturated heterocycles. The molecule has 2 atom stereocenters. The zero-order valence-corrected chi connectivity index (χ0v) is 10.9. The highest BCUT2D eigenvalue weighted by molar-refractivity contribution is 7.44. The Labute approximate surface area is 91.7 Å². The lowest BCUT2D eigenvalue weighted by Crippen LogP contribution is -1.97. The minimum absolute atomic E-state index is 0.452. The van der Waals surface area contributed by atoms with Crippen molar-refractivity contribution in [1.29, 1.82) is 0 Å². The van der Waals surface area contributed by atoms with Gasteiger partial charge >= 0.3 is 0 Å². The van der Waals surface area contributed by atoms with Gasteiger partial charge in [0.1, 0.15) is 5.75 Å². The van der Waals surface area contributed by atoms with E-state index in [0.29, 0.717) is 17.0 Å². The van der Waals surface area contributed by atoms with E-state index in [2.05, 4.69) is 9.02 Å². The van der Waals surface area contributed by atoms with Gasteiger partial charge in [0.05, 0.1) is 15.6 Å². The maximum absolute atomic E-state index is 5.58. The van der Waals surface area contributed by atoms with Crippen molar-refractivity contribution < 1.29 is 9.57 Å². The summed E-state index contributed by atoms with van der Waals surface area (Å²) in [6.45, 7) is 0. The molecule has 0 bridgehead atoms. The van der Waals surface area contributed by atoms with E-state index in [9.17, 15) is 0 Å². The van der Waals surface area contributed by atoms with Crippen LogP contribution in [0, 0.1) is 0 Å². The summed E-state index contributed by atoms with van der Waals surface area (Å²) in [5.41, 5.74) is 0. The third-order valence-electron chi connectivity index (χ3n) is 1.63. The van der Waals surface area contributed by atoms with Crippen molar-refractivity contribution >= 4 is 25.5 Å². The number of aromatic nitrogens is 3. The fourth-order valence-electron chi connectivity index (χ4n) is 0.961. The van der Waals surface area contributed by atoms with Crippen molar-refractivity contribution in [3.8, 4) is 11.5 Å². The number of methoxy groups -OCH3 is 1. The highest BCUT2D eigenvalue weighted by atomic mass is 31.1. The van der Waals surface area contributed by atoms with Crippen molar-refractivity contribution in [3.05, 3.63) is 24.3 Å². The summed E-state index contributed by atoms with van der Waals surface area (Å²) in [6, 6.07) is 7.47. The number of nitrogens with zero attached hydrogens (tertiary/aromatic N) is 2. The van der Waals surface area contributed by atoms with Crippen LogP contribution in [0.3, 0.4) is 0 Å². The molecule has 0 aliphatic carbocycles. The van der Waals surface area contributed by atoms with Crippen LogP contribution in [0.15, 0.2) is 24.3 Å². The molecule has 1 N–H and O–H groups in total. The van der Waals surface area contributed by atoms with Gasteiger partial charge in [0.2, 0.25) is 0 Å². The normalized spacial score (nSPS) is 11.3. The van der Waals surface area contributed by atoms with Crippen molar-refractivity contribution in [2.75, 3.05) is 7.11 Å². The minimum Gasteiger partial charge on any atom is -0.497 e. The monoisotopic (exact) mass is 261 g/mol. The summed E-state index contributed by atoms with van der Waals surface area (Å²) in [4.78, 5) is 5.58. The largest absolute Gasteiger partial charge is 0.497 e. The molecule has 15 heavy (non-hydrogen) atoms. The number of H-pyrrole nitrogens is 1. The molecule has 0 amide bonds. The second-order valence-electron chi connectivity index (χ2n) is 2.58. The molecule has 0 radical (unpaired) electrons. The average Bonchev–Trinajstić information content (AvgIpc) is 2.31. The van der Waals surface area contributed by atoms with E-state index in [1.165, 1.54) is 0 Å². The summed E-state index contributed by atoms with van der Waals surface area (Å²) in [7, 11) is 3.43. The minimum atomic E-state index is 0.452. The fraction of sp³-hybridized carbons (Fsp3) is 0.143. The Hall–Kier alpha value is -0.880. The molecule has 1 heterocycles. The first-order valence-electron chi connectivity index (χ1n) is 4.17. The van der Waals surface area contributed by atoms with Gasteiger partial charge in [-0.2, -0.15) is 4.51 Å². The Morgan fingerprint density at radius 2 is 2.07 bits per heavy atom. The third-order valence-corrected chi connectivity index (χ3v) is 4.38. The van der Waals surface area contributed by atoms with Crippen molar-refractivity contribution in [1.82, 2.24) is 13.3 Å². The van der Waals surface area contributed by atoms with Gasteiger partial charge in [-0.15, -0.1) is 4.26 Å². The van der Waals surface area contributed by atoms with E-state index in [1.54, 1.807) is 11.4 Å². The molecular formula is C7H10N3O2P3. The van der Waals surface area contributed by atoms with Crippen LogP contribution in [-0.2, 0) is 0 Å². The maximum Gasteiger partial charge on any atom is 0.182 e. The second-order valence-corrected chi connectivity index (χ2v) is 6.15. The molecule has 8 heteroatoms. The number of aromatic amines is 1. The van der Waals surface area contributed by atoms with Gasteiger partial charge in [-0.1, -0.05) is 0 Å². The molecule has 0 spiro atoms. The van der Waals surface area contributed by atoms with E-state index in [4.69, 9.17) is 9.57 Å². The topological polar surface area (TPSA) is 52.1 Å². The van der Waals surface area contributed by atoms with Crippen LogP contribution >= 0.6 is 25.5 Å². The first kappa shape index (κ1) is 10.6. The smallest absolute Gasteiger partial charge is 0.182 e. The van der Waals surface area contributed by atoms with Crippen LogP contribution in [0.25, 0.3) is 0 Å². The summed E-state index contributed by atoms with van der Waals surface area (Å²) in [5.74, 6) is 1.61. The van der Waals surface area contributed by atoms with Crippen LogP contribution in [-0.4, -0.2) is 20.4 Å². The highest BCUT2D eigenvalue weighted by Gasteiger charge is 1.95. The van der Waals surface area contributed by atoms with Gasteiger partial charge in [-0.05, 0) is 24.3 Å². The Kier molecular flexibility index (Phi) is 3.74. The number of hydrogen-bond acceptors (Lipinski definition) is 3. The first-order valence-corrected chi connectivity index (χ1v) is 6.86. The average molecular weight is 261 g/mol. The fourth-order valence-corrected chi connectivity index (χ4v) is 4.01. The SMILES string of the molecule is COc1ccc(On2pn[pH][nH][pH]2)cc1. The van der Waals surface area contributed by atoms with Gasteiger partial charge < -0.3 is 14.1 Å². The predicted octanol–water partition coefficient (Wildman–Crippen LogP) is 2.83. The molecule has 2 unspecified atom stereocenters. The number of hydrogen-bond donors (Lipinski definition) is 1. The summed E-state index contributed by atoms with van der Waals surface area (Å²) in [6.07, 6.45) is 0. The van der Waals surface area contributed by atoms with Gasteiger partial charge in [0.15, 0.2) is 14.3 Å².